The van der Waals surface area contributed by atoms with Crippen molar-refractivity contribution in [2.24, 2.45) is 0 Å². The number of hydrogen-bond donors (Lipinski definition) is 1. The first-order valence-corrected chi connectivity index (χ1v) is 14.1. The normalized spacial score (nSPS) is 13.3. The van der Waals surface area contributed by atoms with Gasteiger partial charge in [0.15, 0.2) is 24.0 Å². The fourth-order valence-electron chi connectivity index (χ4n) is 4.85. The summed E-state index contributed by atoms with van der Waals surface area (Å²) in [6.07, 6.45) is 0. The van der Waals surface area contributed by atoms with Gasteiger partial charge in [-0.05, 0) is 60.2 Å². The highest BCUT2D eigenvalue weighted by molar-refractivity contribution is 6.30. The Morgan fingerprint density at radius 3 is 2.40 bits per heavy atom. The second-order valence-electron chi connectivity index (χ2n) is 10.00. The van der Waals surface area contributed by atoms with Gasteiger partial charge in [0.25, 0.3) is 5.91 Å². The van der Waals surface area contributed by atoms with Gasteiger partial charge in [0.05, 0.1) is 11.2 Å². The molecule has 1 fully saturated rings. The fraction of sp³-hybridized carbons (Fsp3) is 0.188. The minimum absolute atomic E-state index is 0.0669. The molecule has 0 radical (unpaired) electrons. The van der Waals surface area contributed by atoms with Gasteiger partial charge in [-0.25, -0.2) is 14.4 Å². The fourth-order valence-corrected chi connectivity index (χ4v) is 4.97. The quantitative estimate of drug-likeness (QED) is 0.254. The summed E-state index contributed by atoms with van der Waals surface area (Å²) in [6.45, 7) is 2.19. The summed E-state index contributed by atoms with van der Waals surface area (Å²) in [7, 11) is 0. The highest BCUT2D eigenvalue weighted by Crippen LogP contribution is 2.30. The van der Waals surface area contributed by atoms with E-state index >= 15 is 0 Å². The summed E-state index contributed by atoms with van der Waals surface area (Å²) in [5.41, 5.74) is 9.25. The number of nitrogens with two attached hydrogens (primary N) is 1. The van der Waals surface area contributed by atoms with E-state index < -0.39 is 5.82 Å². The molecule has 1 aliphatic rings. The van der Waals surface area contributed by atoms with Gasteiger partial charge in [0.1, 0.15) is 17.9 Å². The number of carbonyl (C=O) groups is 1. The Bertz CT molecular complexity index is 1750. The number of carbonyl (C=O) groups excluding carboxylic acids is 1. The zero-order valence-electron chi connectivity index (χ0n) is 23.1. The van der Waals surface area contributed by atoms with Gasteiger partial charge in [0.2, 0.25) is 5.95 Å². The van der Waals surface area contributed by atoms with Gasteiger partial charge in [-0.15, -0.1) is 0 Å². The molecule has 11 heteroatoms. The SMILES string of the molecule is Nc1nc(N2CCN(C(=O)COc3ccc(Cl)cc3)CC2)c2nc(-c3ccc(OCc4ccccc4)c(F)c3)ccc2n1. The number of nitrogens with zero attached hydrogens (tertiary/aromatic N) is 5. The summed E-state index contributed by atoms with van der Waals surface area (Å²) in [6, 6.07) is 24.8. The maximum absolute atomic E-state index is 15.0. The highest BCUT2D eigenvalue weighted by atomic mass is 35.5. The van der Waals surface area contributed by atoms with Crippen LogP contribution in [0.2, 0.25) is 5.02 Å². The first-order chi connectivity index (χ1) is 20.9. The third kappa shape index (κ3) is 6.60. The predicted octanol–water partition coefficient (Wildman–Crippen LogP) is 5.37. The monoisotopic (exact) mass is 598 g/mol. The smallest absolute Gasteiger partial charge is 0.260 e. The predicted molar refractivity (Wildman–Crippen MR) is 164 cm³/mol. The zero-order chi connectivity index (χ0) is 29.8. The molecular formula is C32H28ClFN6O3. The van der Waals surface area contributed by atoms with E-state index in [1.165, 1.54) is 6.07 Å². The number of benzene rings is 3. The van der Waals surface area contributed by atoms with E-state index in [-0.39, 0.29) is 30.8 Å². The number of piperazine rings is 1. The molecule has 0 saturated carbocycles. The zero-order valence-corrected chi connectivity index (χ0v) is 23.9. The molecule has 1 amide bonds. The van der Waals surface area contributed by atoms with Crippen LogP contribution in [-0.4, -0.2) is 58.5 Å². The van der Waals surface area contributed by atoms with Gasteiger partial charge < -0.3 is 25.0 Å². The summed E-state index contributed by atoms with van der Waals surface area (Å²) in [5, 5.41) is 0.600. The molecule has 0 unspecified atom stereocenters. The van der Waals surface area contributed by atoms with Crippen molar-refractivity contribution in [3.05, 3.63) is 101 Å². The minimum Gasteiger partial charge on any atom is -0.486 e. The van der Waals surface area contributed by atoms with Crippen molar-refractivity contribution in [2.45, 2.75) is 6.61 Å². The average Bonchev–Trinajstić information content (AvgIpc) is 3.03. The molecule has 6 rings (SSSR count). The first kappa shape index (κ1) is 28.2. The third-order valence-electron chi connectivity index (χ3n) is 7.11. The van der Waals surface area contributed by atoms with Crippen molar-refractivity contribution in [1.82, 2.24) is 19.9 Å². The van der Waals surface area contributed by atoms with Gasteiger partial charge in [-0.2, -0.15) is 4.98 Å². The van der Waals surface area contributed by atoms with E-state index in [0.717, 1.165) is 5.56 Å². The molecule has 43 heavy (non-hydrogen) atoms. The topological polar surface area (TPSA) is 107 Å². The van der Waals surface area contributed by atoms with Crippen LogP contribution in [0.15, 0.2) is 84.9 Å². The van der Waals surface area contributed by atoms with Crippen molar-refractivity contribution >= 4 is 40.3 Å². The Kier molecular flexibility index (Phi) is 8.19. The third-order valence-corrected chi connectivity index (χ3v) is 7.37. The van der Waals surface area contributed by atoms with E-state index in [9.17, 15) is 9.18 Å². The molecular weight excluding hydrogens is 571 g/mol. The highest BCUT2D eigenvalue weighted by Gasteiger charge is 2.25. The van der Waals surface area contributed by atoms with Crippen LogP contribution in [0, 0.1) is 5.82 Å². The van der Waals surface area contributed by atoms with E-state index in [1.807, 2.05) is 35.2 Å². The average molecular weight is 599 g/mol. The molecule has 2 N–H and O–H groups in total. The number of amides is 1. The van der Waals surface area contributed by atoms with Crippen LogP contribution in [0.5, 0.6) is 11.5 Å². The van der Waals surface area contributed by atoms with Crippen LogP contribution in [-0.2, 0) is 11.4 Å². The van der Waals surface area contributed by atoms with E-state index in [4.69, 9.17) is 31.8 Å². The van der Waals surface area contributed by atoms with Gasteiger partial charge in [-0.1, -0.05) is 41.9 Å². The van der Waals surface area contributed by atoms with Crippen LogP contribution in [0.1, 0.15) is 5.56 Å². The number of fused-ring (bicyclic) bond motifs is 1. The van der Waals surface area contributed by atoms with Crippen LogP contribution < -0.4 is 20.1 Å². The second-order valence-corrected chi connectivity index (χ2v) is 10.4. The van der Waals surface area contributed by atoms with Gasteiger partial charge in [-0.3, -0.25) is 4.79 Å². The van der Waals surface area contributed by atoms with Crippen LogP contribution in [0.4, 0.5) is 16.2 Å². The molecule has 9 nitrogen and oxygen atoms in total. The molecule has 5 aromatic rings. The molecule has 0 atom stereocenters. The van der Waals surface area contributed by atoms with E-state index in [2.05, 4.69) is 9.97 Å². The Morgan fingerprint density at radius 1 is 0.884 bits per heavy atom. The van der Waals surface area contributed by atoms with Crippen molar-refractivity contribution in [3.63, 3.8) is 0 Å². The number of hydrogen-bond acceptors (Lipinski definition) is 8. The largest absolute Gasteiger partial charge is 0.486 e. The molecule has 0 spiro atoms. The molecule has 3 aromatic carbocycles. The van der Waals surface area contributed by atoms with Gasteiger partial charge >= 0.3 is 0 Å². The van der Waals surface area contributed by atoms with Crippen molar-refractivity contribution in [3.8, 4) is 22.8 Å². The minimum atomic E-state index is -0.482. The standard InChI is InChI=1S/C32H28ClFN6O3/c33-23-7-9-24(10-8-23)42-20-29(41)39-14-16-40(17-15-39)31-30-27(37-32(35)38-31)12-11-26(36-30)22-6-13-28(25(34)18-22)43-19-21-4-2-1-3-5-21/h1-13,18H,14-17,19-20H2,(H2,35,37,38). The Hall–Kier alpha value is -4.96. The van der Waals surface area contributed by atoms with E-state index in [1.54, 1.807) is 53.4 Å². The lowest BCUT2D eigenvalue weighted by Gasteiger charge is -2.35. The lowest BCUT2D eigenvalue weighted by Crippen LogP contribution is -2.50. The van der Waals surface area contributed by atoms with E-state index in [0.29, 0.717) is 65.1 Å². The lowest BCUT2D eigenvalue weighted by atomic mass is 10.1. The number of aromatic nitrogens is 3. The Balaban J connectivity index is 1.15. The summed E-state index contributed by atoms with van der Waals surface area (Å²) >= 11 is 5.91. The number of nitrogen functional groups attached to an aromatic ring is 1. The Morgan fingerprint density at radius 2 is 1.65 bits per heavy atom. The molecule has 218 valence electrons. The van der Waals surface area contributed by atoms with Crippen LogP contribution in [0.25, 0.3) is 22.3 Å². The molecule has 0 bridgehead atoms. The molecule has 3 heterocycles. The van der Waals surface area contributed by atoms with Crippen molar-refractivity contribution < 1.29 is 18.7 Å². The molecule has 1 aliphatic heterocycles. The lowest BCUT2D eigenvalue weighted by molar-refractivity contribution is -0.133. The number of halogens is 2. The van der Waals surface area contributed by atoms with Crippen molar-refractivity contribution in [2.75, 3.05) is 43.4 Å². The van der Waals surface area contributed by atoms with Crippen LogP contribution >= 0.6 is 11.6 Å². The second kappa shape index (κ2) is 12.5. The number of pyridine rings is 1. The van der Waals surface area contributed by atoms with Crippen molar-refractivity contribution in [1.29, 1.82) is 0 Å². The maximum atomic E-state index is 15.0. The molecule has 1 saturated heterocycles. The summed E-state index contributed by atoms with van der Waals surface area (Å²) < 4.78 is 26.3. The number of rotatable bonds is 8. The number of ether oxygens (including phenoxy) is 2. The maximum Gasteiger partial charge on any atom is 0.260 e. The molecule has 0 aliphatic carbocycles. The first-order valence-electron chi connectivity index (χ1n) is 13.7. The van der Waals surface area contributed by atoms with Gasteiger partial charge in [0, 0.05) is 36.8 Å². The Labute approximate surface area is 252 Å². The number of anilines is 2. The van der Waals surface area contributed by atoms with Crippen LogP contribution in [0.3, 0.4) is 0 Å². The molecule has 2 aromatic heterocycles. The summed E-state index contributed by atoms with van der Waals surface area (Å²) in [4.78, 5) is 30.2. The summed E-state index contributed by atoms with van der Waals surface area (Å²) in [5.74, 6) is 0.840.